The van der Waals surface area contributed by atoms with Crippen LogP contribution in [0.5, 0.6) is 0 Å². The number of thiocarbonyl (C=S) groups is 1. The molecule has 2 aliphatic rings. The van der Waals surface area contributed by atoms with Crippen LogP contribution in [0.4, 0.5) is 0 Å². The first kappa shape index (κ1) is 11.1. The van der Waals surface area contributed by atoms with Crippen molar-refractivity contribution in [2.24, 2.45) is 5.92 Å². The van der Waals surface area contributed by atoms with E-state index < -0.39 is 0 Å². The number of hydrogen-bond acceptors (Lipinski definition) is 1. The molecule has 0 spiro atoms. The first-order valence-corrected chi connectivity index (χ1v) is 7.15. The molecule has 1 unspecified atom stereocenters. The number of rotatable bonds is 0. The number of fused-ring (bicyclic) bond motifs is 3. The van der Waals surface area contributed by atoms with Gasteiger partial charge in [0.25, 0.3) is 0 Å². The molecule has 2 aromatic rings. The van der Waals surface area contributed by atoms with E-state index in [-0.39, 0.29) is 0 Å². The Morgan fingerprint density at radius 2 is 1.84 bits per heavy atom. The van der Waals surface area contributed by atoms with E-state index >= 15 is 0 Å². The number of benzene rings is 2. The molecule has 1 atom stereocenters. The largest absolute Gasteiger partial charge is 0.0836 e. The van der Waals surface area contributed by atoms with Crippen molar-refractivity contribution in [1.29, 1.82) is 0 Å². The first-order valence-electron chi connectivity index (χ1n) is 6.74. The fourth-order valence-electron chi connectivity index (χ4n) is 3.20. The van der Waals surface area contributed by atoms with E-state index in [1.54, 1.807) is 0 Å². The molecular weight excluding hydrogens is 248 g/mol. The Bertz CT molecular complexity index is 749. The van der Waals surface area contributed by atoms with Gasteiger partial charge in [-0.05, 0) is 40.8 Å². The van der Waals surface area contributed by atoms with Gasteiger partial charge in [-0.15, -0.1) is 0 Å². The smallest absolute Gasteiger partial charge is 0.0302 e. The van der Waals surface area contributed by atoms with Gasteiger partial charge >= 0.3 is 0 Å². The molecule has 0 aliphatic heterocycles. The zero-order valence-electron chi connectivity index (χ0n) is 10.6. The van der Waals surface area contributed by atoms with Crippen molar-refractivity contribution in [3.63, 3.8) is 0 Å². The third-order valence-corrected chi connectivity index (χ3v) is 4.72. The van der Waals surface area contributed by atoms with Crippen LogP contribution in [0.25, 0.3) is 10.8 Å². The lowest BCUT2D eigenvalue weighted by atomic mass is 9.76. The SMILES string of the molecule is S=C1c2cc3ccccc3cc2CC2=CC=CCC12. The lowest BCUT2D eigenvalue weighted by Crippen LogP contribution is -2.25. The Labute approximate surface area is 118 Å². The van der Waals surface area contributed by atoms with Gasteiger partial charge in [-0.2, -0.15) is 0 Å². The van der Waals surface area contributed by atoms with Gasteiger partial charge in [0.15, 0.2) is 0 Å². The summed E-state index contributed by atoms with van der Waals surface area (Å²) in [6, 6.07) is 13.1. The van der Waals surface area contributed by atoms with Crippen molar-refractivity contribution in [2.75, 3.05) is 0 Å². The molecule has 2 aliphatic carbocycles. The molecule has 0 fully saturated rings. The molecule has 19 heavy (non-hydrogen) atoms. The quantitative estimate of drug-likeness (QED) is 0.624. The summed E-state index contributed by atoms with van der Waals surface area (Å²) >= 11 is 5.75. The second-order valence-electron chi connectivity index (χ2n) is 5.36. The van der Waals surface area contributed by atoms with Crippen LogP contribution in [0, 0.1) is 5.92 Å². The summed E-state index contributed by atoms with van der Waals surface area (Å²) in [5.41, 5.74) is 4.17. The van der Waals surface area contributed by atoms with Gasteiger partial charge in [-0.3, -0.25) is 0 Å². The average molecular weight is 262 g/mol. The van der Waals surface area contributed by atoms with Crippen LogP contribution >= 0.6 is 12.2 Å². The van der Waals surface area contributed by atoms with Gasteiger partial charge in [0.2, 0.25) is 0 Å². The lowest BCUT2D eigenvalue weighted by molar-refractivity contribution is 0.771. The minimum Gasteiger partial charge on any atom is -0.0836 e. The number of hydrogen-bond donors (Lipinski definition) is 0. The Hall–Kier alpha value is -1.73. The molecule has 0 bridgehead atoms. The van der Waals surface area contributed by atoms with E-state index in [2.05, 4.69) is 54.6 Å². The van der Waals surface area contributed by atoms with Gasteiger partial charge < -0.3 is 0 Å². The zero-order valence-corrected chi connectivity index (χ0v) is 11.4. The molecule has 1 heteroatoms. The maximum absolute atomic E-state index is 5.75. The van der Waals surface area contributed by atoms with E-state index in [0.29, 0.717) is 5.92 Å². The minimum atomic E-state index is 0.452. The van der Waals surface area contributed by atoms with Gasteiger partial charge in [0.1, 0.15) is 0 Å². The van der Waals surface area contributed by atoms with Crippen molar-refractivity contribution in [3.05, 3.63) is 71.3 Å². The molecule has 0 heterocycles. The topological polar surface area (TPSA) is 0 Å². The van der Waals surface area contributed by atoms with Crippen molar-refractivity contribution in [2.45, 2.75) is 12.8 Å². The highest BCUT2D eigenvalue weighted by atomic mass is 32.1. The third kappa shape index (κ3) is 1.69. The molecule has 0 aromatic heterocycles. The van der Waals surface area contributed by atoms with Crippen LogP contribution in [-0.4, -0.2) is 4.86 Å². The van der Waals surface area contributed by atoms with E-state index in [0.717, 1.165) is 17.7 Å². The summed E-state index contributed by atoms with van der Waals surface area (Å²) in [6.45, 7) is 0. The summed E-state index contributed by atoms with van der Waals surface area (Å²) in [5.74, 6) is 0.452. The fourth-order valence-corrected chi connectivity index (χ4v) is 3.64. The maximum atomic E-state index is 5.75. The van der Waals surface area contributed by atoms with Crippen LogP contribution < -0.4 is 0 Å². The molecule has 0 nitrogen and oxygen atoms in total. The molecule has 0 N–H and O–H groups in total. The Kier molecular flexibility index (Phi) is 2.42. The van der Waals surface area contributed by atoms with Crippen molar-refractivity contribution < 1.29 is 0 Å². The fraction of sp³-hybridized carbons (Fsp3) is 0.167. The molecule has 0 saturated heterocycles. The van der Waals surface area contributed by atoms with Crippen LogP contribution in [0.3, 0.4) is 0 Å². The van der Waals surface area contributed by atoms with Crippen LogP contribution in [-0.2, 0) is 6.42 Å². The van der Waals surface area contributed by atoms with Crippen LogP contribution in [0.2, 0.25) is 0 Å². The van der Waals surface area contributed by atoms with Gasteiger partial charge in [-0.25, -0.2) is 0 Å². The highest BCUT2D eigenvalue weighted by Crippen LogP contribution is 2.36. The van der Waals surface area contributed by atoms with Crippen molar-refractivity contribution in [3.8, 4) is 0 Å². The van der Waals surface area contributed by atoms with Crippen LogP contribution in [0.15, 0.2) is 60.2 Å². The molecule has 92 valence electrons. The Morgan fingerprint density at radius 3 is 2.68 bits per heavy atom. The summed E-state index contributed by atoms with van der Waals surface area (Å²) in [5, 5.41) is 2.61. The lowest BCUT2D eigenvalue weighted by Gasteiger charge is -2.30. The van der Waals surface area contributed by atoms with Crippen molar-refractivity contribution in [1.82, 2.24) is 0 Å². The molecule has 2 aromatic carbocycles. The summed E-state index contributed by atoms with van der Waals surface area (Å²) in [6.07, 6.45) is 8.76. The Balaban J connectivity index is 1.95. The van der Waals surface area contributed by atoms with Gasteiger partial charge in [0, 0.05) is 10.8 Å². The highest BCUT2D eigenvalue weighted by molar-refractivity contribution is 7.81. The highest BCUT2D eigenvalue weighted by Gasteiger charge is 2.28. The van der Waals surface area contributed by atoms with Crippen LogP contribution in [0.1, 0.15) is 17.5 Å². The second-order valence-corrected chi connectivity index (χ2v) is 5.80. The first-order chi connectivity index (χ1) is 9.33. The summed E-state index contributed by atoms with van der Waals surface area (Å²) in [7, 11) is 0. The average Bonchev–Trinajstić information content (AvgIpc) is 2.46. The predicted octanol–water partition coefficient (Wildman–Crippen LogP) is 4.62. The summed E-state index contributed by atoms with van der Waals surface area (Å²) in [4.78, 5) is 1.13. The zero-order chi connectivity index (χ0) is 12.8. The predicted molar refractivity (Wildman–Crippen MR) is 84.7 cm³/mol. The van der Waals surface area contributed by atoms with Crippen molar-refractivity contribution >= 4 is 27.9 Å². The van der Waals surface area contributed by atoms with E-state index in [1.807, 2.05) is 0 Å². The molecule has 0 saturated carbocycles. The van der Waals surface area contributed by atoms with E-state index in [9.17, 15) is 0 Å². The number of allylic oxidation sites excluding steroid dienone is 4. The molecule has 4 rings (SSSR count). The molecular formula is C18H14S. The molecule has 0 radical (unpaired) electrons. The summed E-state index contributed by atoms with van der Waals surface area (Å²) < 4.78 is 0. The minimum absolute atomic E-state index is 0.452. The van der Waals surface area contributed by atoms with Gasteiger partial charge in [-0.1, -0.05) is 66.4 Å². The Morgan fingerprint density at radius 1 is 1.05 bits per heavy atom. The third-order valence-electron chi connectivity index (χ3n) is 4.21. The molecule has 0 amide bonds. The maximum Gasteiger partial charge on any atom is 0.0302 e. The monoisotopic (exact) mass is 262 g/mol. The standard InChI is InChI=1S/C18H14S/c19-18-16-8-4-3-7-14(16)10-15-9-12-5-1-2-6-13(12)11-17(15)18/h1-7,9,11,16H,8,10H2. The second kappa shape index (κ2) is 4.14. The van der Waals surface area contributed by atoms with E-state index in [4.69, 9.17) is 12.2 Å². The van der Waals surface area contributed by atoms with E-state index in [1.165, 1.54) is 27.5 Å². The van der Waals surface area contributed by atoms with Gasteiger partial charge in [0.05, 0.1) is 0 Å². The normalized spacial score (nSPS) is 20.9.